The molecule has 11 nitrogen and oxygen atoms in total. The number of sulfonamides is 1. The van der Waals surface area contributed by atoms with Crippen molar-refractivity contribution in [3.05, 3.63) is 66.2 Å². The molecule has 2 aromatic rings. The smallest absolute Gasteiger partial charge is 0.414 e. The van der Waals surface area contributed by atoms with Gasteiger partial charge in [0.1, 0.15) is 11.6 Å². The number of nitrogens with zero attached hydrogens (tertiary/aromatic N) is 2. The van der Waals surface area contributed by atoms with E-state index in [9.17, 15) is 27.6 Å². The Hall–Kier alpha value is -4.19. The minimum Gasteiger partial charge on any atom is -0.446 e. The first-order chi connectivity index (χ1) is 22.6. The summed E-state index contributed by atoms with van der Waals surface area (Å²) in [4.78, 5) is 58.3. The Morgan fingerprint density at radius 1 is 0.979 bits per heavy atom. The Morgan fingerprint density at radius 2 is 1.70 bits per heavy atom. The first-order valence-electron chi connectivity index (χ1n) is 16.5. The van der Waals surface area contributed by atoms with Crippen LogP contribution in [0, 0.1) is 17.8 Å². The lowest BCUT2D eigenvalue weighted by atomic mass is 9.93. The largest absolute Gasteiger partial charge is 0.446 e. The van der Waals surface area contributed by atoms with E-state index in [2.05, 4.69) is 10.0 Å². The molecule has 5 aliphatic rings. The summed E-state index contributed by atoms with van der Waals surface area (Å²) in [6, 6.07) is 15.5. The van der Waals surface area contributed by atoms with Gasteiger partial charge in [-0.05, 0) is 68.6 Å². The molecule has 4 amide bonds. The van der Waals surface area contributed by atoms with E-state index in [1.165, 1.54) is 0 Å². The summed E-state index contributed by atoms with van der Waals surface area (Å²) in [6.07, 6.45) is 6.43. The minimum absolute atomic E-state index is 0.104. The summed E-state index contributed by atoms with van der Waals surface area (Å²) in [5.41, 5.74) is 2.27. The highest BCUT2D eigenvalue weighted by Crippen LogP contribution is 2.47. The van der Waals surface area contributed by atoms with Crippen LogP contribution in [0.2, 0.25) is 0 Å². The standard InChI is InChI=1S/C35H40N4O7S/c1-38-17-9-3-2-4-11-23-20-35(23,33(42)37-47(44,45)25-15-16-25)36-31(40)28-18-24(19-29(28)32(38)41)46-34(43)39-21-22-10-5-6-12-26(22)27-13-7-8-14-30(27)39/h4-8,10-14,23-25,28-29H,2-3,9,15-21H2,1H3,(H,36,40)(H,37,42). The number of hydrogen-bond donors (Lipinski definition) is 2. The molecule has 0 aromatic heterocycles. The lowest BCUT2D eigenvalue weighted by molar-refractivity contribution is -0.140. The van der Waals surface area contributed by atoms with Crippen LogP contribution in [-0.4, -0.2) is 67.6 Å². The molecule has 47 heavy (non-hydrogen) atoms. The maximum absolute atomic E-state index is 14.0. The summed E-state index contributed by atoms with van der Waals surface area (Å²) in [7, 11) is -2.11. The van der Waals surface area contributed by atoms with Gasteiger partial charge in [-0.3, -0.25) is 24.0 Å². The Kier molecular flexibility index (Phi) is 8.10. The molecule has 12 heteroatoms. The van der Waals surface area contributed by atoms with E-state index in [4.69, 9.17) is 4.74 Å². The van der Waals surface area contributed by atoms with Gasteiger partial charge in [0.05, 0.1) is 29.3 Å². The fourth-order valence-electron chi connectivity index (χ4n) is 7.37. The molecule has 0 spiro atoms. The number of fused-ring (bicyclic) bond motifs is 5. The van der Waals surface area contributed by atoms with Gasteiger partial charge in [0.15, 0.2) is 0 Å². The molecule has 0 saturated heterocycles. The summed E-state index contributed by atoms with van der Waals surface area (Å²) in [5, 5.41) is 2.29. The number of ether oxygens (including phenoxy) is 1. The predicted molar refractivity (Wildman–Crippen MR) is 174 cm³/mol. The van der Waals surface area contributed by atoms with Gasteiger partial charge in [0.25, 0.3) is 5.91 Å². The van der Waals surface area contributed by atoms with Crippen LogP contribution in [0.4, 0.5) is 10.5 Å². The monoisotopic (exact) mass is 660 g/mol. The number of anilines is 1. The van der Waals surface area contributed by atoms with Crippen molar-refractivity contribution in [2.24, 2.45) is 17.8 Å². The number of para-hydroxylation sites is 1. The van der Waals surface area contributed by atoms with E-state index in [-0.39, 0.29) is 31.1 Å². The van der Waals surface area contributed by atoms with Gasteiger partial charge in [-0.25, -0.2) is 13.2 Å². The van der Waals surface area contributed by atoms with Crippen molar-refractivity contribution in [1.82, 2.24) is 14.9 Å². The number of allylic oxidation sites excluding steroid dienone is 1. The third-order valence-electron chi connectivity index (χ3n) is 10.3. The molecule has 5 unspecified atom stereocenters. The molecule has 7 rings (SSSR count). The van der Waals surface area contributed by atoms with Crippen LogP contribution in [0.3, 0.4) is 0 Å². The normalized spacial score (nSPS) is 29.0. The minimum atomic E-state index is -3.83. The van der Waals surface area contributed by atoms with Crippen molar-refractivity contribution in [1.29, 1.82) is 0 Å². The van der Waals surface area contributed by atoms with E-state index in [0.29, 0.717) is 25.9 Å². The highest BCUT2D eigenvalue weighted by molar-refractivity contribution is 7.91. The second kappa shape index (κ2) is 12.1. The summed E-state index contributed by atoms with van der Waals surface area (Å²) >= 11 is 0. The number of amides is 4. The molecule has 3 aliphatic carbocycles. The zero-order valence-electron chi connectivity index (χ0n) is 26.4. The van der Waals surface area contributed by atoms with Crippen LogP contribution >= 0.6 is 0 Å². The van der Waals surface area contributed by atoms with Crippen molar-refractivity contribution in [2.45, 2.75) is 74.8 Å². The third-order valence-corrected chi connectivity index (χ3v) is 12.1. The molecule has 2 aliphatic heterocycles. The molecule has 2 heterocycles. The molecule has 2 aromatic carbocycles. The first kappa shape index (κ1) is 31.4. The zero-order valence-corrected chi connectivity index (χ0v) is 27.2. The van der Waals surface area contributed by atoms with Crippen molar-refractivity contribution in [2.75, 3.05) is 18.5 Å². The van der Waals surface area contributed by atoms with Crippen LogP contribution < -0.4 is 14.9 Å². The number of carbonyl (C=O) groups excluding carboxylic acids is 4. The van der Waals surface area contributed by atoms with Gasteiger partial charge < -0.3 is 15.0 Å². The number of hydrogen-bond acceptors (Lipinski definition) is 7. The van der Waals surface area contributed by atoms with Gasteiger partial charge in [-0.15, -0.1) is 0 Å². The Labute approximate surface area is 274 Å². The quantitative estimate of drug-likeness (QED) is 0.474. The van der Waals surface area contributed by atoms with E-state index >= 15 is 0 Å². The fourth-order valence-corrected chi connectivity index (χ4v) is 8.74. The third kappa shape index (κ3) is 6.03. The van der Waals surface area contributed by atoms with Crippen LogP contribution in [0.25, 0.3) is 11.1 Å². The van der Waals surface area contributed by atoms with E-state index in [1.54, 1.807) is 16.8 Å². The van der Waals surface area contributed by atoms with Gasteiger partial charge >= 0.3 is 6.09 Å². The molecule has 0 radical (unpaired) electrons. The maximum atomic E-state index is 14.0. The molecule has 248 valence electrons. The van der Waals surface area contributed by atoms with Crippen LogP contribution in [0.15, 0.2) is 60.7 Å². The predicted octanol–water partition coefficient (Wildman–Crippen LogP) is 3.89. The number of carbonyl (C=O) groups is 4. The summed E-state index contributed by atoms with van der Waals surface area (Å²) < 4.78 is 33.6. The number of benzene rings is 2. The van der Waals surface area contributed by atoms with Crippen LogP contribution in [-0.2, 0) is 35.7 Å². The highest BCUT2D eigenvalue weighted by Gasteiger charge is 2.62. The molecule has 5 atom stereocenters. The lowest BCUT2D eigenvalue weighted by Gasteiger charge is -2.31. The number of nitrogens with one attached hydrogen (secondary N) is 2. The fraction of sp³-hybridized carbons (Fsp3) is 0.486. The molecule has 0 bridgehead atoms. The zero-order chi connectivity index (χ0) is 32.9. The Bertz CT molecular complexity index is 1760. The molecular weight excluding hydrogens is 620 g/mol. The van der Waals surface area contributed by atoms with Crippen LogP contribution in [0.1, 0.15) is 56.9 Å². The Balaban J connectivity index is 1.12. The summed E-state index contributed by atoms with van der Waals surface area (Å²) in [5.74, 6) is -3.47. The van der Waals surface area contributed by atoms with Crippen LogP contribution in [0.5, 0.6) is 0 Å². The van der Waals surface area contributed by atoms with Crippen molar-refractivity contribution >= 4 is 39.5 Å². The van der Waals surface area contributed by atoms with Gasteiger partial charge in [-0.2, -0.15) is 0 Å². The molecular formula is C35H40N4O7S. The number of rotatable bonds is 4. The van der Waals surface area contributed by atoms with Crippen molar-refractivity contribution < 1.29 is 32.3 Å². The highest BCUT2D eigenvalue weighted by atomic mass is 32.2. The molecule has 3 saturated carbocycles. The van der Waals surface area contributed by atoms with Gasteiger partial charge in [-0.1, -0.05) is 54.6 Å². The summed E-state index contributed by atoms with van der Waals surface area (Å²) in [6.45, 7) is 0.852. The lowest BCUT2D eigenvalue weighted by Crippen LogP contribution is -2.54. The van der Waals surface area contributed by atoms with E-state index in [0.717, 1.165) is 41.6 Å². The molecule has 3 fully saturated rings. The van der Waals surface area contributed by atoms with Gasteiger partial charge in [0, 0.05) is 25.1 Å². The second-order valence-electron chi connectivity index (χ2n) is 13.6. The average molecular weight is 661 g/mol. The second-order valence-corrected chi connectivity index (χ2v) is 15.5. The van der Waals surface area contributed by atoms with E-state index in [1.807, 2.05) is 60.7 Å². The molecule has 2 N–H and O–H groups in total. The van der Waals surface area contributed by atoms with E-state index < -0.39 is 56.7 Å². The maximum Gasteiger partial charge on any atom is 0.414 e. The van der Waals surface area contributed by atoms with Gasteiger partial charge in [0.2, 0.25) is 21.8 Å². The average Bonchev–Trinajstić information content (AvgIpc) is 3.98. The SMILES string of the molecule is CN1CCCCC=CC2CC2(C(=O)NS(=O)(=O)C2CC2)NC(=O)C2CC(OC(=O)N3Cc4ccccc4-c4ccccc43)CC2C1=O. The topological polar surface area (TPSA) is 142 Å². The van der Waals surface area contributed by atoms with Crippen molar-refractivity contribution in [3.63, 3.8) is 0 Å². The first-order valence-corrected chi connectivity index (χ1v) is 18.1. The Morgan fingerprint density at radius 3 is 2.49 bits per heavy atom. The van der Waals surface area contributed by atoms with Crippen molar-refractivity contribution in [3.8, 4) is 11.1 Å².